The van der Waals surface area contributed by atoms with Crippen LogP contribution in [0.2, 0.25) is 0 Å². The van der Waals surface area contributed by atoms with Gasteiger partial charge in [-0.3, -0.25) is 0 Å². The third kappa shape index (κ3) is 7.71. The molecule has 0 aromatic heterocycles. The van der Waals surface area contributed by atoms with E-state index in [2.05, 4.69) is 0 Å². The summed E-state index contributed by atoms with van der Waals surface area (Å²) in [6, 6.07) is 8.18. The Bertz CT molecular complexity index is 771. The first-order valence-electron chi connectivity index (χ1n) is 10.7. The first-order valence-corrected chi connectivity index (χ1v) is 10.7. The minimum absolute atomic E-state index is 0.0885. The summed E-state index contributed by atoms with van der Waals surface area (Å²) >= 11 is 0. The summed E-state index contributed by atoms with van der Waals surface area (Å²) in [5, 5.41) is 10.6. The van der Waals surface area contributed by atoms with Gasteiger partial charge in [0.25, 0.3) is 0 Å². The van der Waals surface area contributed by atoms with Crippen molar-refractivity contribution in [2.24, 2.45) is 0 Å². The number of likely N-dealkylation sites (tertiary alicyclic amines) is 1. The van der Waals surface area contributed by atoms with Gasteiger partial charge in [0.15, 0.2) is 0 Å². The molecule has 2 atom stereocenters. The van der Waals surface area contributed by atoms with Gasteiger partial charge in [-0.25, -0.2) is 19.3 Å². The molecule has 2 unspecified atom stereocenters. The monoisotopic (exact) mass is 450 g/mol. The van der Waals surface area contributed by atoms with Gasteiger partial charge in [0.1, 0.15) is 17.8 Å². The van der Waals surface area contributed by atoms with Crippen LogP contribution in [-0.2, 0) is 20.8 Å². The van der Waals surface area contributed by atoms with Crippen LogP contribution in [0, 0.1) is 0 Å². The molecule has 3 amide bonds. The van der Waals surface area contributed by atoms with E-state index in [0.29, 0.717) is 0 Å². The van der Waals surface area contributed by atoms with Crippen LogP contribution in [0.3, 0.4) is 0 Å². The van der Waals surface area contributed by atoms with Crippen molar-refractivity contribution in [3.8, 4) is 0 Å². The molecule has 0 saturated carbocycles. The predicted octanol–water partition coefficient (Wildman–Crippen LogP) is 3.93. The average molecular weight is 451 g/mol. The Morgan fingerprint density at radius 3 is 2.03 bits per heavy atom. The Kier molecular flexibility index (Phi) is 8.12. The van der Waals surface area contributed by atoms with E-state index in [1.54, 1.807) is 41.5 Å². The highest BCUT2D eigenvalue weighted by Gasteiger charge is 2.43. The molecule has 1 aromatic carbocycles. The molecular formula is C23H34N2O7. The smallest absolute Gasteiger partial charge is 0.420 e. The number of nitrogens with zero attached hydrogens (tertiary/aromatic N) is 2. The van der Waals surface area contributed by atoms with Gasteiger partial charge in [-0.2, -0.15) is 0 Å². The molecule has 2 rings (SSSR count). The van der Waals surface area contributed by atoms with Gasteiger partial charge in [0, 0.05) is 13.1 Å². The number of amides is 3. The lowest BCUT2D eigenvalue weighted by Gasteiger charge is -2.41. The number of aliphatic hydroxyl groups is 1. The van der Waals surface area contributed by atoms with Crippen LogP contribution in [0.1, 0.15) is 53.5 Å². The number of hydrogen-bond acceptors (Lipinski definition) is 7. The Labute approximate surface area is 189 Å². The summed E-state index contributed by atoms with van der Waals surface area (Å²) in [4.78, 5) is 40.5. The second-order valence-electron chi connectivity index (χ2n) is 9.74. The minimum atomic E-state index is -1.05. The van der Waals surface area contributed by atoms with Crippen LogP contribution in [0.25, 0.3) is 0 Å². The van der Waals surface area contributed by atoms with Crippen molar-refractivity contribution in [1.29, 1.82) is 0 Å². The van der Waals surface area contributed by atoms with E-state index >= 15 is 0 Å². The fraction of sp³-hybridized carbons (Fsp3) is 0.609. The van der Waals surface area contributed by atoms with Gasteiger partial charge >= 0.3 is 18.3 Å². The van der Waals surface area contributed by atoms with E-state index < -0.39 is 41.6 Å². The van der Waals surface area contributed by atoms with E-state index in [0.717, 1.165) is 10.5 Å². The average Bonchev–Trinajstić information content (AvgIpc) is 2.65. The molecule has 0 radical (unpaired) electrons. The first-order chi connectivity index (χ1) is 14.8. The van der Waals surface area contributed by atoms with Gasteiger partial charge < -0.3 is 24.2 Å². The molecule has 9 nitrogen and oxygen atoms in total. The van der Waals surface area contributed by atoms with Crippen LogP contribution < -0.4 is 0 Å². The molecule has 178 valence electrons. The van der Waals surface area contributed by atoms with E-state index in [4.69, 9.17) is 14.2 Å². The number of benzene rings is 1. The molecule has 0 bridgehead atoms. The summed E-state index contributed by atoms with van der Waals surface area (Å²) in [5.74, 6) is 0. The molecule has 1 fully saturated rings. The van der Waals surface area contributed by atoms with Crippen LogP contribution >= 0.6 is 0 Å². The molecule has 1 N–H and O–H groups in total. The second-order valence-corrected chi connectivity index (χ2v) is 9.74. The predicted molar refractivity (Wildman–Crippen MR) is 117 cm³/mol. The van der Waals surface area contributed by atoms with Crippen LogP contribution in [0.15, 0.2) is 30.3 Å². The molecule has 9 heteroatoms. The zero-order chi connectivity index (χ0) is 24.1. The van der Waals surface area contributed by atoms with Crippen molar-refractivity contribution in [3.63, 3.8) is 0 Å². The molecule has 1 aliphatic rings. The summed E-state index contributed by atoms with van der Waals surface area (Å²) in [6.07, 6.45) is -3.38. The maximum Gasteiger partial charge on any atom is 0.420 e. The van der Waals surface area contributed by atoms with Crippen LogP contribution in [0.4, 0.5) is 14.4 Å². The molecular weight excluding hydrogens is 416 g/mol. The van der Waals surface area contributed by atoms with Gasteiger partial charge in [0.05, 0.1) is 12.1 Å². The minimum Gasteiger partial charge on any atom is -0.445 e. The molecule has 32 heavy (non-hydrogen) atoms. The number of carbonyl (C=O) groups excluding carboxylic acids is 3. The van der Waals surface area contributed by atoms with Crippen molar-refractivity contribution in [2.45, 2.75) is 77.9 Å². The number of carbonyl (C=O) groups is 3. The quantitative estimate of drug-likeness (QED) is 0.696. The summed E-state index contributed by atoms with van der Waals surface area (Å²) in [6.45, 7) is 10.2. The van der Waals surface area contributed by atoms with Gasteiger partial charge in [0.2, 0.25) is 0 Å². The van der Waals surface area contributed by atoms with Crippen molar-refractivity contribution < 1.29 is 33.7 Å². The first kappa shape index (κ1) is 25.5. The highest BCUT2D eigenvalue weighted by atomic mass is 16.6. The number of rotatable bonds is 3. The number of ether oxygens (including phenoxy) is 3. The number of imide groups is 1. The topological polar surface area (TPSA) is 106 Å². The maximum absolute atomic E-state index is 12.9. The van der Waals surface area contributed by atoms with Gasteiger partial charge in [-0.05, 0) is 53.5 Å². The van der Waals surface area contributed by atoms with Crippen LogP contribution in [-0.4, -0.2) is 69.6 Å². The van der Waals surface area contributed by atoms with Crippen molar-refractivity contribution in [3.05, 3.63) is 35.9 Å². The van der Waals surface area contributed by atoms with Gasteiger partial charge in [-0.1, -0.05) is 30.3 Å². The lowest BCUT2D eigenvalue weighted by atomic mass is 10.0. The standard InChI is InChI=1S/C23H34N2O7/c1-22(2,3)31-20(28)25(21(29)32-23(4,5)6)17-14-24(13-12-18(17)26)19(27)30-15-16-10-8-7-9-11-16/h7-11,17-18,26H,12-15H2,1-6H3. The van der Waals surface area contributed by atoms with Crippen molar-refractivity contribution in [1.82, 2.24) is 9.80 Å². The lowest BCUT2D eigenvalue weighted by Crippen LogP contribution is -2.60. The number of aliphatic hydroxyl groups excluding tert-OH is 1. The highest BCUT2D eigenvalue weighted by Crippen LogP contribution is 2.23. The largest absolute Gasteiger partial charge is 0.445 e. The molecule has 1 aromatic rings. The third-order valence-electron chi connectivity index (χ3n) is 4.52. The summed E-state index contributed by atoms with van der Waals surface area (Å²) in [7, 11) is 0. The van der Waals surface area contributed by atoms with Crippen LogP contribution in [0.5, 0.6) is 0 Å². The zero-order valence-electron chi connectivity index (χ0n) is 19.7. The Morgan fingerprint density at radius 1 is 1.00 bits per heavy atom. The molecule has 0 spiro atoms. The number of piperidine rings is 1. The summed E-state index contributed by atoms with van der Waals surface area (Å²) < 4.78 is 16.1. The molecule has 1 saturated heterocycles. The third-order valence-corrected chi connectivity index (χ3v) is 4.52. The van der Waals surface area contributed by atoms with E-state index in [9.17, 15) is 19.5 Å². The van der Waals surface area contributed by atoms with E-state index in [-0.39, 0.29) is 26.1 Å². The SMILES string of the molecule is CC(C)(C)OC(=O)N(C(=O)OC(C)(C)C)C1CN(C(=O)OCc2ccccc2)CCC1O. The Balaban J connectivity index is 2.17. The van der Waals surface area contributed by atoms with E-state index in [1.807, 2.05) is 30.3 Å². The normalized spacial score (nSPS) is 19.2. The van der Waals surface area contributed by atoms with Gasteiger partial charge in [-0.15, -0.1) is 0 Å². The summed E-state index contributed by atoms with van der Waals surface area (Å²) in [5.41, 5.74) is -0.908. The van der Waals surface area contributed by atoms with Crippen molar-refractivity contribution >= 4 is 18.3 Å². The fourth-order valence-electron chi connectivity index (χ4n) is 3.12. The number of hydrogen-bond donors (Lipinski definition) is 1. The Hall–Kier alpha value is -2.81. The fourth-order valence-corrected chi connectivity index (χ4v) is 3.12. The molecule has 1 aliphatic heterocycles. The van der Waals surface area contributed by atoms with E-state index in [1.165, 1.54) is 4.90 Å². The maximum atomic E-state index is 12.9. The zero-order valence-corrected chi connectivity index (χ0v) is 19.7. The second kappa shape index (κ2) is 10.2. The molecule has 0 aliphatic carbocycles. The molecule has 1 heterocycles. The Morgan fingerprint density at radius 2 is 1.53 bits per heavy atom. The lowest BCUT2D eigenvalue weighted by molar-refractivity contribution is -0.0429. The highest BCUT2D eigenvalue weighted by molar-refractivity contribution is 5.89. The van der Waals surface area contributed by atoms with Crippen molar-refractivity contribution in [2.75, 3.05) is 13.1 Å².